The number of aryl methyl sites for hydroxylation is 1. The van der Waals surface area contributed by atoms with Crippen LogP contribution in [0.2, 0.25) is 0 Å². The number of nitrogens with one attached hydrogen (secondary N) is 1. The van der Waals surface area contributed by atoms with Crippen molar-refractivity contribution in [2.45, 2.75) is 13.5 Å². The highest BCUT2D eigenvalue weighted by Crippen LogP contribution is 2.37. The standard InChI is InChI=1S/C20H22N4O4/c1-13-22-15-7-5-6-8-16(15)24(13)12-19(25)23-21-11-14-9-17(26-2)20(28-4)18(10-14)27-3/h5-11H,12H2,1-4H3,(H,23,25)/b21-11-. The van der Waals surface area contributed by atoms with Gasteiger partial charge in [-0.25, -0.2) is 10.4 Å². The molecule has 1 N–H and O–H groups in total. The van der Waals surface area contributed by atoms with Crippen LogP contribution in [0.4, 0.5) is 0 Å². The normalized spacial score (nSPS) is 11.0. The number of benzene rings is 2. The number of rotatable bonds is 7. The summed E-state index contributed by atoms with van der Waals surface area (Å²) in [5.41, 5.74) is 4.99. The summed E-state index contributed by atoms with van der Waals surface area (Å²) >= 11 is 0. The molecular weight excluding hydrogens is 360 g/mol. The van der Waals surface area contributed by atoms with E-state index in [0.29, 0.717) is 22.8 Å². The monoisotopic (exact) mass is 382 g/mol. The number of carbonyl (C=O) groups excluding carboxylic acids is 1. The maximum absolute atomic E-state index is 12.3. The van der Waals surface area contributed by atoms with Gasteiger partial charge in [0.05, 0.1) is 38.6 Å². The van der Waals surface area contributed by atoms with Gasteiger partial charge in [0.25, 0.3) is 5.91 Å². The van der Waals surface area contributed by atoms with Gasteiger partial charge in [0.1, 0.15) is 12.4 Å². The van der Waals surface area contributed by atoms with Gasteiger partial charge in [-0.1, -0.05) is 12.1 Å². The van der Waals surface area contributed by atoms with Crippen LogP contribution in [0.1, 0.15) is 11.4 Å². The second-order valence-corrected chi connectivity index (χ2v) is 5.99. The molecule has 0 aliphatic rings. The number of amides is 1. The molecular formula is C20H22N4O4. The van der Waals surface area contributed by atoms with Gasteiger partial charge in [0.15, 0.2) is 11.5 Å². The number of fused-ring (bicyclic) bond motifs is 1. The number of carbonyl (C=O) groups is 1. The molecule has 1 heterocycles. The van der Waals surface area contributed by atoms with E-state index in [9.17, 15) is 4.79 Å². The van der Waals surface area contributed by atoms with E-state index in [4.69, 9.17) is 14.2 Å². The summed E-state index contributed by atoms with van der Waals surface area (Å²) in [6.45, 7) is 1.99. The van der Waals surface area contributed by atoms with E-state index in [1.807, 2.05) is 35.8 Å². The average Bonchev–Trinajstić information content (AvgIpc) is 3.02. The lowest BCUT2D eigenvalue weighted by Crippen LogP contribution is -2.23. The van der Waals surface area contributed by atoms with E-state index in [2.05, 4.69) is 15.5 Å². The van der Waals surface area contributed by atoms with Crippen LogP contribution < -0.4 is 19.6 Å². The molecule has 0 aliphatic carbocycles. The molecule has 8 nitrogen and oxygen atoms in total. The van der Waals surface area contributed by atoms with Crippen LogP contribution in [-0.2, 0) is 11.3 Å². The van der Waals surface area contributed by atoms with Gasteiger partial charge in [0.2, 0.25) is 5.75 Å². The van der Waals surface area contributed by atoms with E-state index in [0.717, 1.165) is 16.9 Å². The second kappa shape index (κ2) is 8.43. The number of ether oxygens (including phenoxy) is 3. The van der Waals surface area contributed by atoms with Crippen molar-refractivity contribution in [2.75, 3.05) is 21.3 Å². The molecule has 146 valence electrons. The number of hydrogen-bond acceptors (Lipinski definition) is 6. The van der Waals surface area contributed by atoms with Crippen LogP contribution in [0.3, 0.4) is 0 Å². The molecule has 0 radical (unpaired) electrons. The number of para-hydroxylation sites is 2. The first-order valence-electron chi connectivity index (χ1n) is 8.61. The number of imidazole rings is 1. The van der Waals surface area contributed by atoms with Crippen molar-refractivity contribution in [1.82, 2.24) is 15.0 Å². The first-order chi connectivity index (χ1) is 13.6. The third kappa shape index (κ3) is 3.90. The van der Waals surface area contributed by atoms with Crippen LogP contribution in [0, 0.1) is 6.92 Å². The molecule has 0 fully saturated rings. The first kappa shape index (κ1) is 19.2. The number of methoxy groups -OCH3 is 3. The highest BCUT2D eigenvalue weighted by atomic mass is 16.5. The Hall–Kier alpha value is -3.55. The van der Waals surface area contributed by atoms with Gasteiger partial charge in [-0.2, -0.15) is 5.10 Å². The molecule has 0 spiro atoms. The Kier molecular flexibility index (Phi) is 5.78. The summed E-state index contributed by atoms with van der Waals surface area (Å²) in [4.78, 5) is 16.8. The van der Waals surface area contributed by atoms with Crippen molar-refractivity contribution >= 4 is 23.2 Å². The number of aromatic nitrogens is 2. The van der Waals surface area contributed by atoms with Gasteiger partial charge in [0, 0.05) is 5.56 Å². The molecule has 8 heteroatoms. The molecule has 28 heavy (non-hydrogen) atoms. The maximum Gasteiger partial charge on any atom is 0.260 e. The molecule has 1 amide bonds. The number of hydrazone groups is 1. The zero-order valence-electron chi connectivity index (χ0n) is 16.2. The van der Waals surface area contributed by atoms with Crippen LogP contribution in [0.15, 0.2) is 41.5 Å². The van der Waals surface area contributed by atoms with Crippen molar-refractivity contribution in [1.29, 1.82) is 0 Å². The van der Waals surface area contributed by atoms with E-state index in [1.165, 1.54) is 27.5 Å². The minimum Gasteiger partial charge on any atom is -0.493 e. The lowest BCUT2D eigenvalue weighted by molar-refractivity contribution is -0.121. The summed E-state index contributed by atoms with van der Waals surface area (Å²) < 4.78 is 17.7. The SMILES string of the molecule is COc1cc(/C=N\NC(=O)Cn2c(C)nc3ccccc32)cc(OC)c1OC. The smallest absolute Gasteiger partial charge is 0.260 e. The predicted octanol–water partition coefficient (Wildman–Crippen LogP) is 2.52. The summed E-state index contributed by atoms with van der Waals surface area (Å²) in [6, 6.07) is 11.2. The Morgan fingerprint density at radius 1 is 1.14 bits per heavy atom. The van der Waals surface area contributed by atoms with Crippen molar-refractivity contribution < 1.29 is 19.0 Å². The fourth-order valence-electron chi connectivity index (χ4n) is 2.93. The Morgan fingerprint density at radius 2 is 1.82 bits per heavy atom. The van der Waals surface area contributed by atoms with E-state index in [-0.39, 0.29) is 12.5 Å². The molecule has 0 saturated heterocycles. The zero-order chi connectivity index (χ0) is 20.1. The molecule has 0 unspecified atom stereocenters. The van der Waals surface area contributed by atoms with Crippen LogP contribution in [0.5, 0.6) is 17.2 Å². The Morgan fingerprint density at radius 3 is 2.46 bits per heavy atom. The summed E-state index contributed by atoms with van der Waals surface area (Å²) in [6.07, 6.45) is 1.52. The average molecular weight is 382 g/mol. The van der Waals surface area contributed by atoms with E-state index >= 15 is 0 Å². The van der Waals surface area contributed by atoms with E-state index < -0.39 is 0 Å². The van der Waals surface area contributed by atoms with Gasteiger partial charge in [-0.05, 0) is 31.2 Å². The topological polar surface area (TPSA) is 87.0 Å². The highest BCUT2D eigenvalue weighted by molar-refractivity contribution is 5.85. The molecule has 3 aromatic rings. The van der Waals surface area contributed by atoms with Gasteiger partial charge >= 0.3 is 0 Å². The molecule has 0 bridgehead atoms. The minimum absolute atomic E-state index is 0.124. The Bertz CT molecular complexity index is 1000. The lowest BCUT2D eigenvalue weighted by atomic mass is 10.2. The van der Waals surface area contributed by atoms with Gasteiger partial charge in [-0.3, -0.25) is 4.79 Å². The summed E-state index contributed by atoms with van der Waals surface area (Å²) in [5.74, 6) is 2.03. The predicted molar refractivity (Wildman–Crippen MR) is 106 cm³/mol. The van der Waals surface area contributed by atoms with E-state index in [1.54, 1.807) is 12.1 Å². The fourth-order valence-corrected chi connectivity index (χ4v) is 2.93. The van der Waals surface area contributed by atoms with Crippen LogP contribution >= 0.6 is 0 Å². The van der Waals surface area contributed by atoms with Crippen LogP contribution in [0.25, 0.3) is 11.0 Å². The van der Waals surface area contributed by atoms with Crippen LogP contribution in [-0.4, -0.2) is 43.0 Å². The molecule has 0 saturated carbocycles. The molecule has 1 aromatic heterocycles. The minimum atomic E-state index is -0.255. The first-order valence-corrected chi connectivity index (χ1v) is 8.61. The largest absolute Gasteiger partial charge is 0.493 e. The molecule has 0 atom stereocenters. The number of nitrogens with zero attached hydrogens (tertiary/aromatic N) is 3. The van der Waals surface area contributed by atoms with Crippen molar-refractivity contribution in [3.8, 4) is 17.2 Å². The second-order valence-electron chi connectivity index (χ2n) is 5.99. The van der Waals surface area contributed by atoms with Gasteiger partial charge < -0.3 is 18.8 Å². The highest BCUT2D eigenvalue weighted by Gasteiger charge is 2.13. The fraction of sp³-hybridized carbons (Fsp3) is 0.250. The molecule has 2 aromatic carbocycles. The quantitative estimate of drug-likeness (QED) is 0.501. The Balaban J connectivity index is 1.72. The maximum atomic E-state index is 12.3. The summed E-state index contributed by atoms with van der Waals surface area (Å²) in [5, 5.41) is 4.03. The Labute approximate surface area is 162 Å². The van der Waals surface area contributed by atoms with Crippen molar-refractivity contribution in [2.24, 2.45) is 5.10 Å². The third-order valence-corrected chi connectivity index (χ3v) is 4.24. The molecule has 0 aliphatic heterocycles. The zero-order valence-corrected chi connectivity index (χ0v) is 16.2. The molecule has 3 rings (SSSR count). The third-order valence-electron chi connectivity index (χ3n) is 4.24. The van der Waals surface area contributed by atoms with Crippen molar-refractivity contribution in [3.63, 3.8) is 0 Å². The van der Waals surface area contributed by atoms with Crippen molar-refractivity contribution in [3.05, 3.63) is 47.8 Å². The number of hydrogen-bond donors (Lipinski definition) is 1. The summed E-state index contributed by atoms with van der Waals surface area (Å²) in [7, 11) is 4.62. The van der Waals surface area contributed by atoms with Gasteiger partial charge in [-0.15, -0.1) is 0 Å². The lowest BCUT2D eigenvalue weighted by Gasteiger charge is -2.12.